The number of hydrogen-bond acceptors (Lipinski definition) is 5. The Morgan fingerprint density at radius 1 is 1.45 bits per heavy atom. The molecular formula is C13H11BrN2O4. The first-order chi connectivity index (χ1) is 9.60. The monoisotopic (exact) mass is 338 g/mol. The molecule has 1 aromatic carbocycles. The first-order valence-electron chi connectivity index (χ1n) is 5.56. The van der Waals surface area contributed by atoms with Crippen molar-refractivity contribution in [2.45, 2.75) is 0 Å². The summed E-state index contributed by atoms with van der Waals surface area (Å²) in [6, 6.07) is 7.85. The molecule has 0 atom stereocenters. The molecule has 2 aromatic rings. The van der Waals surface area contributed by atoms with E-state index in [1.165, 1.54) is 25.5 Å². The molecule has 6 nitrogen and oxygen atoms in total. The number of methoxy groups -OCH3 is 1. The Kier molecular flexibility index (Phi) is 4.41. The van der Waals surface area contributed by atoms with Gasteiger partial charge in [0.05, 0.1) is 13.3 Å². The van der Waals surface area contributed by atoms with Crippen molar-refractivity contribution in [3.8, 4) is 11.5 Å². The van der Waals surface area contributed by atoms with Crippen LogP contribution in [0.15, 0.2) is 44.5 Å². The van der Waals surface area contributed by atoms with Gasteiger partial charge in [0.15, 0.2) is 21.9 Å². The van der Waals surface area contributed by atoms with E-state index in [0.717, 1.165) is 0 Å². The lowest BCUT2D eigenvalue weighted by atomic mass is 10.2. The Balaban J connectivity index is 2.01. The van der Waals surface area contributed by atoms with Crippen LogP contribution in [0.1, 0.15) is 16.1 Å². The number of ether oxygens (including phenoxy) is 1. The molecule has 0 spiro atoms. The summed E-state index contributed by atoms with van der Waals surface area (Å²) < 4.78 is 10.5. The number of furan rings is 1. The van der Waals surface area contributed by atoms with E-state index in [1.54, 1.807) is 18.2 Å². The predicted octanol–water partition coefficient (Wildman–Crippen LogP) is 2.52. The number of carbonyl (C=O) groups excluding carboxylic acids is 1. The number of phenols is 1. The summed E-state index contributed by atoms with van der Waals surface area (Å²) in [5, 5.41) is 13.2. The van der Waals surface area contributed by atoms with Crippen LogP contribution in [-0.4, -0.2) is 24.3 Å². The molecule has 1 aromatic heterocycles. The molecule has 2 rings (SSSR count). The van der Waals surface area contributed by atoms with Crippen LogP contribution in [0.3, 0.4) is 0 Å². The topological polar surface area (TPSA) is 84.1 Å². The van der Waals surface area contributed by atoms with Gasteiger partial charge in [-0.25, -0.2) is 5.43 Å². The fourth-order valence-corrected chi connectivity index (χ4v) is 1.74. The highest BCUT2D eigenvalue weighted by molar-refractivity contribution is 9.10. The SMILES string of the molecule is COc1cc(/C=N/NC(=O)c2ccc(Br)o2)ccc1O. The van der Waals surface area contributed by atoms with Crippen molar-refractivity contribution in [2.24, 2.45) is 5.10 Å². The third kappa shape index (κ3) is 3.39. The van der Waals surface area contributed by atoms with Gasteiger partial charge in [0.25, 0.3) is 0 Å². The summed E-state index contributed by atoms with van der Waals surface area (Å²) in [5.41, 5.74) is 2.99. The van der Waals surface area contributed by atoms with Crippen LogP contribution in [0, 0.1) is 0 Å². The number of carbonyl (C=O) groups is 1. The number of hydrogen-bond donors (Lipinski definition) is 2. The largest absolute Gasteiger partial charge is 0.504 e. The molecule has 0 unspecified atom stereocenters. The Labute approximate surface area is 123 Å². The number of nitrogens with zero attached hydrogens (tertiary/aromatic N) is 1. The van der Waals surface area contributed by atoms with Crippen LogP contribution in [0.4, 0.5) is 0 Å². The van der Waals surface area contributed by atoms with E-state index < -0.39 is 5.91 Å². The molecule has 0 fully saturated rings. The van der Waals surface area contributed by atoms with Crippen LogP contribution < -0.4 is 10.2 Å². The van der Waals surface area contributed by atoms with Crippen LogP contribution in [0.5, 0.6) is 11.5 Å². The fourth-order valence-electron chi connectivity index (χ4n) is 1.43. The summed E-state index contributed by atoms with van der Waals surface area (Å²) >= 11 is 3.11. The van der Waals surface area contributed by atoms with E-state index in [2.05, 4.69) is 26.5 Å². The molecule has 0 saturated carbocycles. The van der Waals surface area contributed by atoms with Crippen LogP contribution in [-0.2, 0) is 0 Å². The molecule has 0 aliphatic rings. The first-order valence-corrected chi connectivity index (χ1v) is 6.35. The maximum Gasteiger partial charge on any atom is 0.307 e. The standard InChI is InChI=1S/C13H11BrN2O4/c1-19-11-6-8(2-3-9(11)17)7-15-16-13(18)10-4-5-12(14)20-10/h2-7,17H,1H3,(H,16,18)/b15-7+. The minimum absolute atomic E-state index is 0.0362. The molecule has 0 radical (unpaired) electrons. The van der Waals surface area contributed by atoms with Crippen molar-refractivity contribution in [3.05, 3.63) is 46.3 Å². The molecule has 0 aliphatic carbocycles. The first kappa shape index (κ1) is 14.1. The normalized spacial score (nSPS) is 10.7. The lowest BCUT2D eigenvalue weighted by Gasteiger charge is -2.03. The zero-order valence-electron chi connectivity index (χ0n) is 10.5. The maximum absolute atomic E-state index is 11.6. The van der Waals surface area contributed by atoms with Gasteiger partial charge in [-0.05, 0) is 51.8 Å². The smallest absolute Gasteiger partial charge is 0.307 e. The Hall–Kier alpha value is -2.28. The second kappa shape index (κ2) is 6.25. The quantitative estimate of drug-likeness (QED) is 0.662. The van der Waals surface area contributed by atoms with E-state index in [0.29, 0.717) is 16.0 Å². The average Bonchev–Trinajstić information content (AvgIpc) is 2.87. The van der Waals surface area contributed by atoms with E-state index >= 15 is 0 Å². The van der Waals surface area contributed by atoms with E-state index in [-0.39, 0.29) is 11.5 Å². The van der Waals surface area contributed by atoms with Crippen LogP contribution in [0.2, 0.25) is 0 Å². The van der Waals surface area contributed by atoms with Gasteiger partial charge < -0.3 is 14.3 Å². The van der Waals surface area contributed by atoms with Crippen molar-refractivity contribution in [1.82, 2.24) is 5.43 Å². The number of benzene rings is 1. The summed E-state index contributed by atoms with van der Waals surface area (Å²) in [6.45, 7) is 0. The van der Waals surface area contributed by atoms with Gasteiger partial charge in [-0.1, -0.05) is 0 Å². The minimum Gasteiger partial charge on any atom is -0.504 e. The van der Waals surface area contributed by atoms with Crippen LogP contribution >= 0.6 is 15.9 Å². The van der Waals surface area contributed by atoms with Crippen molar-refractivity contribution >= 4 is 28.1 Å². The molecule has 7 heteroatoms. The minimum atomic E-state index is -0.460. The maximum atomic E-state index is 11.6. The predicted molar refractivity (Wildman–Crippen MR) is 76.1 cm³/mol. The summed E-state index contributed by atoms with van der Waals surface area (Å²) in [7, 11) is 1.45. The zero-order chi connectivity index (χ0) is 14.5. The fraction of sp³-hybridized carbons (Fsp3) is 0.0769. The van der Waals surface area contributed by atoms with Crippen molar-refractivity contribution in [1.29, 1.82) is 0 Å². The van der Waals surface area contributed by atoms with Crippen LogP contribution in [0.25, 0.3) is 0 Å². The molecule has 104 valence electrons. The van der Waals surface area contributed by atoms with Gasteiger partial charge in [-0.2, -0.15) is 5.10 Å². The van der Waals surface area contributed by atoms with Crippen molar-refractivity contribution in [2.75, 3.05) is 7.11 Å². The molecule has 1 amide bonds. The second-order valence-electron chi connectivity index (χ2n) is 3.73. The van der Waals surface area contributed by atoms with Gasteiger partial charge >= 0.3 is 5.91 Å². The number of nitrogens with one attached hydrogen (secondary N) is 1. The summed E-state index contributed by atoms with van der Waals surface area (Å²) in [6.07, 6.45) is 1.43. The van der Waals surface area contributed by atoms with Crippen molar-refractivity contribution < 1.29 is 19.1 Å². The molecular weight excluding hydrogens is 328 g/mol. The highest BCUT2D eigenvalue weighted by Gasteiger charge is 2.08. The van der Waals surface area contributed by atoms with Gasteiger partial charge in [0.2, 0.25) is 0 Å². The third-order valence-corrected chi connectivity index (χ3v) is 2.81. The number of rotatable bonds is 4. The number of halogens is 1. The average molecular weight is 339 g/mol. The highest BCUT2D eigenvalue weighted by Crippen LogP contribution is 2.25. The van der Waals surface area contributed by atoms with E-state index in [4.69, 9.17) is 9.15 Å². The van der Waals surface area contributed by atoms with Gasteiger partial charge in [-0.3, -0.25) is 4.79 Å². The van der Waals surface area contributed by atoms with E-state index in [1.807, 2.05) is 0 Å². The Morgan fingerprint density at radius 3 is 2.90 bits per heavy atom. The van der Waals surface area contributed by atoms with Gasteiger partial charge in [0.1, 0.15) is 0 Å². The van der Waals surface area contributed by atoms with Crippen molar-refractivity contribution in [3.63, 3.8) is 0 Å². The number of amides is 1. The number of hydrazone groups is 1. The molecule has 0 bridgehead atoms. The molecule has 20 heavy (non-hydrogen) atoms. The van der Waals surface area contributed by atoms with Gasteiger partial charge in [-0.15, -0.1) is 0 Å². The Morgan fingerprint density at radius 2 is 2.25 bits per heavy atom. The molecule has 0 aliphatic heterocycles. The molecule has 1 heterocycles. The third-order valence-electron chi connectivity index (χ3n) is 2.38. The second-order valence-corrected chi connectivity index (χ2v) is 4.52. The number of aromatic hydroxyl groups is 1. The van der Waals surface area contributed by atoms with Gasteiger partial charge in [0, 0.05) is 0 Å². The summed E-state index contributed by atoms with van der Waals surface area (Å²) in [4.78, 5) is 11.6. The highest BCUT2D eigenvalue weighted by atomic mass is 79.9. The number of phenolic OH excluding ortho intramolecular Hbond substituents is 1. The van der Waals surface area contributed by atoms with E-state index in [9.17, 15) is 9.90 Å². The molecule has 2 N–H and O–H groups in total. The lowest BCUT2D eigenvalue weighted by Crippen LogP contribution is -2.16. The lowest BCUT2D eigenvalue weighted by molar-refractivity contribution is 0.0926. The molecule has 0 saturated heterocycles. The Bertz CT molecular complexity index is 652. The summed E-state index contributed by atoms with van der Waals surface area (Å²) in [5.74, 6) is 0.0550. The zero-order valence-corrected chi connectivity index (χ0v) is 12.0.